The number of aromatic nitrogens is 1. The quantitative estimate of drug-likeness (QED) is 0.526. The van der Waals surface area contributed by atoms with Gasteiger partial charge in [0.1, 0.15) is 10.7 Å². The highest BCUT2D eigenvalue weighted by Crippen LogP contribution is 2.24. The third-order valence-electron chi connectivity index (χ3n) is 2.51. The standard InChI is InChI=1S/C12H22N4O3S/c1-7(6-8(2)17)15-11(18)9-10(13)16-12(20-9)14-4-5-19-3/h7-8,17H,4-6,13H2,1-3H3,(H,14,16)(H,15,18). The van der Waals surface area contributed by atoms with Crippen LogP contribution in [0.2, 0.25) is 0 Å². The Kier molecular flexibility index (Phi) is 6.69. The summed E-state index contributed by atoms with van der Waals surface area (Å²) in [6.07, 6.45) is 0.0269. The van der Waals surface area contributed by atoms with Crippen molar-refractivity contribution in [1.29, 1.82) is 0 Å². The largest absolute Gasteiger partial charge is 0.393 e. The van der Waals surface area contributed by atoms with Gasteiger partial charge in [0, 0.05) is 19.7 Å². The maximum Gasteiger partial charge on any atom is 0.265 e. The maximum absolute atomic E-state index is 12.0. The summed E-state index contributed by atoms with van der Waals surface area (Å²) in [4.78, 5) is 16.5. The van der Waals surface area contributed by atoms with Gasteiger partial charge in [0.25, 0.3) is 5.91 Å². The zero-order valence-corrected chi connectivity index (χ0v) is 12.8. The summed E-state index contributed by atoms with van der Waals surface area (Å²) in [5, 5.41) is 15.7. The lowest BCUT2D eigenvalue weighted by Crippen LogP contribution is -2.34. The summed E-state index contributed by atoms with van der Waals surface area (Å²) in [6, 6.07) is -0.131. The van der Waals surface area contributed by atoms with Crippen molar-refractivity contribution in [3.05, 3.63) is 4.88 Å². The van der Waals surface area contributed by atoms with Gasteiger partial charge in [-0.15, -0.1) is 0 Å². The Morgan fingerprint density at radius 3 is 2.85 bits per heavy atom. The van der Waals surface area contributed by atoms with Crippen molar-refractivity contribution in [1.82, 2.24) is 10.3 Å². The number of thiazole rings is 1. The van der Waals surface area contributed by atoms with E-state index in [9.17, 15) is 9.90 Å². The smallest absolute Gasteiger partial charge is 0.265 e. The van der Waals surface area contributed by atoms with Crippen LogP contribution >= 0.6 is 11.3 Å². The summed E-state index contributed by atoms with van der Waals surface area (Å²) in [5.74, 6) is -0.0652. The van der Waals surface area contributed by atoms with Crippen molar-refractivity contribution in [2.24, 2.45) is 0 Å². The normalized spacial score (nSPS) is 13.8. The number of hydrogen-bond donors (Lipinski definition) is 4. The Bertz CT molecular complexity index is 436. The molecule has 114 valence electrons. The molecular weight excluding hydrogens is 280 g/mol. The molecule has 0 radical (unpaired) electrons. The molecule has 2 unspecified atom stereocenters. The number of nitrogens with zero attached hydrogens (tertiary/aromatic N) is 1. The van der Waals surface area contributed by atoms with Crippen molar-refractivity contribution >= 4 is 28.2 Å². The molecule has 0 saturated carbocycles. The predicted octanol–water partition coefficient (Wildman–Crippen LogP) is 0.673. The zero-order chi connectivity index (χ0) is 15.1. The number of hydrogen-bond acceptors (Lipinski definition) is 7. The Morgan fingerprint density at radius 2 is 2.25 bits per heavy atom. The van der Waals surface area contributed by atoms with Gasteiger partial charge in [-0.25, -0.2) is 4.98 Å². The lowest BCUT2D eigenvalue weighted by Gasteiger charge is -2.14. The number of carbonyl (C=O) groups is 1. The van der Waals surface area contributed by atoms with E-state index in [2.05, 4.69) is 15.6 Å². The van der Waals surface area contributed by atoms with Gasteiger partial charge in [-0.2, -0.15) is 0 Å². The Balaban J connectivity index is 2.59. The SMILES string of the molecule is COCCNc1nc(N)c(C(=O)NC(C)CC(C)O)s1. The minimum absolute atomic E-state index is 0.131. The van der Waals surface area contributed by atoms with Crippen LogP contribution in [0, 0.1) is 0 Å². The number of nitrogens with one attached hydrogen (secondary N) is 2. The van der Waals surface area contributed by atoms with Crippen LogP contribution in [0.3, 0.4) is 0 Å². The second-order valence-corrected chi connectivity index (χ2v) is 5.61. The third-order valence-corrected chi connectivity index (χ3v) is 3.54. The maximum atomic E-state index is 12.0. The number of aliphatic hydroxyl groups is 1. The van der Waals surface area contributed by atoms with Crippen molar-refractivity contribution in [2.75, 3.05) is 31.3 Å². The molecule has 1 amide bonds. The molecule has 0 aliphatic heterocycles. The number of methoxy groups -OCH3 is 1. The van der Waals surface area contributed by atoms with Crippen LogP contribution in [-0.2, 0) is 4.74 Å². The van der Waals surface area contributed by atoms with E-state index in [0.29, 0.717) is 29.6 Å². The predicted molar refractivity (Wildman–Crippen MR) is 80.1 cm³/mol. The van der Waals surface area contributed by atoms with E-state index in [1.807, 2.05) is 6.92 Å². The fraction of sp³-hybridized carbons (Fsp3) is 0.667. The van der Waals surface area contributed by atoms with E-state index in [1.54, 1.807) is 14.0 Å². The van der Waals surface area contributed by atoms with Crippen LogP contribution in [-0.4, -0.2) is 48.4 Å². The highest BCUT2D eigenvalue weighted by atomic mass is 32.1. The van der Waals surface area contributed by atoms with Crippen LogP contribution < -0.4 is 16.4 Å². The number of ether oxygens (including phenoxy) is 1. The average Bonchev–Trinajstić information content (AvgIpc) is 2.69. The van der Waals surface area contributed by atoms with Gasteiger partial charge in [-0.05, 0) is 20.3 Å². The zero-order valence-electron chi connectivity index (χ0n) is 12.0. The molecule has 5 N–H and O–H groups in total. The van der Waals surface area contributed by atoms with Crippen molar-refractivity contribution in [3.8, 4) is 0 Å². The fourth-order valence-corrected chi connectivity index (χ4v) is 2.50. The number of rotatable bonds is 8. The second-order valence-electron chi connectivity index (χ2n) is 4.61. The fourth-order valence-electron chi connectivity index (χ4n) is 1.69. The first-order chi connectivity index (χ1) is 9.43. The van der Waals surface area contributed by atoms with Gasteiger partial charge >= 0.3 is 0 Å². The summed E-state index contributed by atoms with van der Waals surface area (Å²) < 4.78 is 4.92. The van der Waals surface area contributed by atoms with E-state index in [1.165, 1.54) is 11.3 Å². The number of carbonyl (C=O) groups excluding carboxylic acids is 1. The second kappa shape index (κ2) is 8.03. The molecule has 1 aromatic rings. The van der Waals surface area contributed by atoms with Gasteiger partial charge in [0.05, 0.1) is 12.7 Å². The van der Waals surface area contributed by atoms with Gasteiger partial charge < -0.3 is 26.2 Å². The molecule has 0 saturated heterocycles. The Labute approximate surface area is 122 Å². The molecule has 20 heavy (non-hydrogen) atoms. The first-order valence-electron chi connectivity index (χ1n) is 6.42. The minimum atomic E-state index is -0.463. The van der Waals surface area contributed by atoms with Crippen molar-refractivity contribution in [2.45, 2.75) is 32.4 Å². The molecule has 2 atom stereocenters. The topological polar surface area (TPSA) is 110 Å². The first kappa shape index (κ1) is 16.7. The number of nitrogen functional groups attached to an aromatic ring is 1. The highest BCUT2D eigenvalue weighted by molar-refractivity contribution is 7.18. The van der Waals surface area contributed by atoms with Crippen LogP contribution in [0.15, 0.2) is 0 Å². The lowest BCUT2D eigenvalue weighted by molar-refractivity contribution is 0.0928. The molecule has 1 rings (SSSR count). The van der Waals surface area contributed by atoms with E-state index < -0.39 is 6.10 Å². The molecule has 7 nitrogen and oxygen atoms in total. The van der Waals surface area contributed by atoms with Crippen molar-refractivity contribution in [3.63, 3.8) is 0 Å². The summed E-state index contributed by atoms with van der Waals surface area (Å²) >= 11 is 1.20. The summed E-state index contributed by atoms with van der Waals surface area (Å²) in [6.45, 7) is 4.66. The van der Waals surface area contributed by atoms with Gasteiger partial charge in [-0.3, -0.25) is 4.79 Å². The van der Waals surface area contributed by atoms with Crippen LogP contribution in [0.1, 0.15) is 29.9 Å². The first-order valence-corrected chi connectivity index (χ1v) is 7.23. The molecule has 0 spiro atoms. The molecule has 0 fully saturated rings. The van der Waals surface area contributed by atoms with E-state index in [4.69, 9.17) is 10.5 Å². The molecule has 1 aromatic heterocycles. The van der Waals surface area contributed by atoms with Crippen LogP contribution in [0.25, 0.3) is 0 Å². The monoisotopic (exact) mass is 302 g/mol. The van der Waals surface area contributed by atoms with Gasteiger partial charge in [-0.1, -0.05) is 11.3 Å². The van der Waals surface area contributed by atoms with Crippen LogP contribution in [0.4, 0.5) is 10.9 Å². The van der Waals surface area contributed by atoms with E-state index in [-0.39, 0.29) is 17.8 Å². The average molecular weight is 302 g/mol. The molecule has 1 heterocycles. The molecule has 0 bridgehead atoms. The number of nitrogens with two attached hydrogens (primary N) is 1. The minimum Gasteiger partial charge on any atom is -0.393 e. The summed E-state index contributed by atoms with van der Waals surface area (Å²) in [5.41, 5.74) is 5.74. The Hall–Kier alpha value is -1.38. The van der Waals surface area contributed by atoms with Gasteiger partial charge in [0.2, 0.25) is 0 Å². The van der Waals surface area contributed by atoms with Crippen molar-refractivity contribution < 1.29 is 14.6 Å². The van der Waals surface area contributed by atoms with E-state index in [0.717, 1.165) is 0 Å². The molecule has 0 aromatic carbocycles. The van der Waals surface area contributed by atoms with Gasteiger partial charge in [0.15, 0.2) is 5.13 Å². The molecular formula is C12H22N4O3S. The molecule has 0 aliphatic rings. The molecule has 8 heteroatoms. The molecule has 0 aliphatic carbocycles. The lowest BCUT2D eigenvalue weighted by atomic mass is 10.1. The number of anilines is 2. The third kappa shape index (κ3) is 5.32. The Morgan fingerprint density at radius 1 is 1.55 bits per heavy atom. The number of amides is 1. The highest BCUT2D eigenvalue weighted by Gasteiger charge is 2.18. The summed E-state index contributed by atoms with van der Waals surface area (Å²) in [7, 11) is 1.61. The van der Waals surface area contributed by atoms with E-state index >= 15 is 0 Å². The van der Waals surface area contributed by atoms with Crippen LogP contribution in [0.5, 0.6) is 0 Å². The number of aliphatic hydroxyl groups excluding tert-OH is 1.